The molecule has 0 fully saturated rings. The number of benzene rings is 6. The maximum Gasteiger partial charge on any atom is 0.160 e. The lowest BCUT2D eigenvalue weighted by Gasteiger charge is -2.24. The average molecular weight is 669 g/mol. The second-order valence-corrected chi connectivity index (χ2v) is 15.7. The molecule has 0 radical (unpaired) electrons. The van der Waals surface area contributed by atoms with Gasteiger partial charge in [-0.15, -0.1) is 0 Å². The molecule has 0 bridgehead atoms. The minimum atomic E-state index is -0.0441. The lowest BCUT2D eigenvalue weighted by atomic mass is 9.79. The van der Waals surface area contributed by atoms with Crippen LogP contribution in [0.1, 0.15) is 62.8 Å². The molecule has 0 aliphatic heterocycles. The van der Waals surface area contributed by atoms with Crippen LogP contribution >= 0.6 is 0 Å². The largest absolute Gasteiger partial charge is 0.228 e. The fourth-order valence-corrected chi connectivity index (χ4v) is 9.36. The fourth-order valence-electron chi connectivity index (χ4n) is 9.36. The van der Waals surface area contributed by atoms with E-state index in [1.54, 1.807) is 0 Å². The first-order valence-corrected chi connectivity index (χ1v) is 18.6. The monoisotopic (exact) mass is 668 g/mol. The molecule has 1 heterocycles. The van der Waals surface area contributed by atoms with Crippen molar-refractivity contribution in [2.75, 3.05) is 0 Å². The van der Waals surface area contributed by atoms with E-state index in [1.165, 1.54) is 66.4 Å². The molecule has 250 valence electrons. The van der Waals surface area contributed by atoms with Crippen molar-refractivity contribution in [3.05, 3.63) is 173 Å². The smallest absolute Gasteiger partial charge is 0.160 e. The van der Waals surface area contributed by atoms with Crippen molar-refractivity contribution in [2.45, 2.75) is 51.4 Å². The van der Waals surface area contributed by atoms with Crippen LogP contribution in [0.25, 0.3) is 72.5 Å². The van der Waals surface area contributed by atoms with Gasteiger partial charge in [-0.05, 0) is 91.4 Å². The zero-order valence-corrected chi connectivity index (χ0v) is 30.2. The van der Waals surface area contributed by atoms with E-state index in [-0.39, 0.29) is 10.8 Å². The summed E-state index contributed by atoms with van der Waals surface area (Å²) >= 11 is 0. The summed E-state index contributed by atoms with van der Waals surface area (Å²) in [4.78, 5) is 10.5. The number of hydrogen-bond donors (Lipinski definition) is 0. The molecular weight excluding hydrogens is 629 g/mol. The molecule has 6 aromatic carbocycles. The molecular formula is C50H40N2. The number of fused-ring (bicyclic) bond motifs is 6. The Bertz CT molecular complexity index is 2670. The van der Waals surface area contributed by atoms with Crippen molar-refractivity contribution in [3.63, 3.8) is 0 Å². The number of rotatable bonds is 4. The lowest BCUT2D eigenvalue weighted by molar-refractivity contribution is 0.651. The summed E-state index contributed by atoms with van der Waals surface area (Å²) in [6, 6.07) is 48.7. The summed E-state index contributed by atoms with van der Waals surface area (Å²) in [5.41, 5.74) is 18.8. The van der Waals surface area contributed by atoms with Gasteiger partial charge in [0.25, 0.3) is 0 Å². The lowest BCUT2D eigenvalue weighted by Crippen LogP contribution is -2.16. The quantitative estimate of drug-likeness (QED) is 0.187. The van der Waals surface area contributed by atoms with Crippen molar-refractivity contribution >= 4 is 16.3 Å². The van der Waals surface area contributed by atoms with E-state index in [9.17, 15) is 0 Å². The summed E-state index contributed by atoms with van der Waals surface area (Å²) in [7, 11) is 0. The first-order valence-electron chi connectivity index (χ1n) is 18.6. The summed E-state index contributed by atoms with van der Waals surface area (Å²) in [6.07, 6.45) is 6.91. The van der Waals surface area contributed by atoms with Gasteiger partial charge in [-0.25, -0.2) is 9.97 Å². The third kappa shape index (κ3) is 4.50. The predicted molar refractivity (Wildman–Crippen MR) is 217 cm³/mol. The Morgan fingerprint density at radius 3 is 2.00 bits per heavy atom. The molecule has 3 aliphatic carbocycles. The summed E-state index contributed by atoms with van der Waals surface area (Å²) < 4.78 is 0. The zero-order valence-electron chi connectivity index (χ0n) is 30.2. The van der Waals surface area contributed by atoms with Crippen LogP contribution in [0.5, 0.6) is 0 Å². The standard InChI is InChI=1S/C50H40N2/c1-49(2)41-22-12-10-19-36(41)40-29-32(25-28-43(40)49)45-30-46(52-48(51-45)31-15-6-5-7-16-31)37-27-26-35(33-17-8-9-18-34(33)37)38-21-14-24-44-47(38)39-20-11-13-23-42(39)50(44,3)4/h5-10,12-19,21-30H,11,20H2,1-4H3. The zero-order chi connectivity index (χ0) is 35.2. The Balaban J connectivity index is 1.17. The minimum Gasteiger partial charge on any atom is -0.228 e. The maximum atomic E-state index is 5.29. The van der Waals surface area contributed by atoms with Crippen LogP contribution in [0.3, 0.4) is 0 Å². The number of hydrogen-bond acceptors (Lipinski definition) is 2. The molecule has 2 heteroatoms. The molecule has 0 saturated carbocycles. The van der Waals surface area contributed by atoms with Crippen molar-refractivity contribution in [2.24, 2.45) is 0 Å². The van der Waals surface area contributed by atoms with E-state index >= 15 is 0 Å². The van der Waals surface area contributed by atoms with Crippen molar-refractivity contribution in [1.29, 1.82) is 0 Å². The van der Waals surface area contributed by atoms with Crippen LogP contribution in [0.2, 0.25) is 0 Å². The molecule has 0 N–H and O–H groups in total. The van der Waals surface area contributed by atoms with Gasteiger partial charge < -0.3 is 0 Å². The second-order valence-electron chi connectivity index (χ2n) is 15.7. The van der Waals surface area contributed by atoms with Gasteiger partial charge in [-0.2, -0.15) is 0 Å². The van der Waals surface area contributed by atoms with Crippen molar-refractivity contribution in [1.82, 2.24) is 9.97 Å². The van der Waals surface area contributed by atoms with E-state index in [0.29, 0.717) is 0 Å². The van der Waals surface area contributed by atoms with Crippen molar-refractivity contribution < 1.29 is 0 Å². The molecule has 0 unspecified atom stereocenters. The van der Waals surface area contributed by atoms with E-state index in [4.69, 9.17) is 9.97 Å². The highest BCUT2D eigenvalue weighted by Crippen LogP contribution is 2.54. The third-order valence-electron chi connectivity index (χ3n) is 12.0. The summed E-state index contributed by atoms with van der Waals surface area (Å²) in [5.74, 6) is 0.732. The van der Waals surface area contributed by atoms with Gasteiger partial charge >= 0.3 is 0 Å². The molecule has 3 aliphatic rings. The van der Waals surface area contributed by atoms with E-state index in [1.807, 2.05) is 6.07 Å². The molecule has 7 aromatic rings. The minimum absolute atomic E-state index is 0.00602. The summed E-state index contributed by atoms with van der Waals surface area (Å²) in [5, 5.41) is 2.44. The molecule has 0 saturated heterocycles. The Morgan fingerprint density at radius 2 is 1.15 bits per heavy atom. The van der Waals surface area contributed by atoms with Gasteiger partial charge in [0.15, 0.2) is 5.82 Å². The van der Waals surface area contributed by atoms with Crippen LogP contribution in [-0.4, -0.2) is 9.97 Å². The van der Waals surface area contributed by atoms with Crippen LogP contribution in [0.4, 0.5) is 0 Å². The van der Waals surface area contributed by atoms with Gasteiger partial charge in [-0.1, -0.05) is 161 Å². The molecule has 0 spiro atoms. The SMILES string of the molecule is CC1(C)C2=C(CCC=C2)c2c(-c3ccc(-c4cc(-c5ccc6c(c5)-c5ccccc5C6(C)C)nc(-c5ccccc5)n4)c4ccccc34)cccc21. The number of allylic oxidation sites excluding steroid dienone is 4. The van der Waals surface area contributed by atoms with Gasteiger partial charge in [0.2, 0.25) is 0 Å². The molecule has 52 heavy (non-hydrogen) atoms. The first kappa shape index (κ1) is 30.9. The highest BCUT2D eigenvalue weighted by atomic mass is 14.9. The van der Waals surface area contributed by atoms with Gasteiger partial charge in [0.1, 0.15) is 0 Å². The first-order chi connectivity index (χ1) is 25.3. The van der Waals surface area contributed by atoms with Gasteiger partial charge in [-0.3, -0.25) is 0 Å². The third-order valence-corrected chi connectivity index (χ3v) is 12.0. The van der Waals surface area contributed by atoms with E-state index in [0.717, 1.165) is 46.7 Å². The van der Waals surface area contributed by atoms with Crippen LogP contribution in [0.15, 0.2) is 151 Å². The van der Waals surface area contributed by atoms with Crippen molar-refractivity contribution in [3.8, 4) is 56.2 Å². The fraction of sp³-hybridized carbons (Fsp3) is 0.160. The highest BCUT2D eigenvalue weighted by Gasteiger charge is 2.39. The molecule has 0 atom stereocenters. The molecule has 2 nitrogen and oxygen atoms in total. The highest BCUT2D eigenvalue weighted by molar-refractivity contribution is 6.07. The van der Waals surface area contributed by atoms with Crippen LogP contribution in [-0.2, 0) is 10.8 Å². The van der Waals surface area contributed by atoms with Gasteiger partial charge in [0, 0.05) is 27.5 Å². The Labute approximate surface area is 306 Å². The van der Waals surface area contributed by atoms with E-state index in [2.05, 4.69) is 167 Å². The predicted octanol–water partition coefficient (Wildman–Crippen LogP) is 13.0. The second kappa shape index (κ2) is 11.3. The Kier molecular flexibility index (Phi) is 6.73. The van der Waals surface area contributed by atoms with Crippen LogP contribution in [0, 0.1) is 0 Å². The topological polar surface area (TPSA) is 25.8 Å². The molecule has 0 amide bonds. The summed E-state index contributed by atoms with van der Waals surface area (Å²) in [6.45, 7) is 9.42. The number of nitrogens with zero attached hydrogens (tertiary/aromatic N) is 2. The molecule has 1 aromatic heterocycles. The molecule has 10 rings (SSSR count). The average Bonchev–Trinajstić information content (AvgIpc) is 3.57. The van der Waals surface area contributed by atoms with Crippen LogP contribution < -0.4 is 0 Å². The number of aromatic nitrogens is 2. The normalized spacial score (nSPS) is 16.1. The maximum absolute atomic E-state index is 5.29. The Morgan fingerprint density at radius 1 is 0.481 bits per heavy atom. The Hall–Kier alpha value is -5.86. The van der Waals surface area contributed by atoms with Gasteiger partial charge in [0.05, 0.1) is 11.4 Å². The van der Waals surface area contributed by atoms with E-state index < -0.39 is 0 Å².